The molecule has 0 aliphatic carbocycles. The Labute approximate surface area is 134 Å². The van der Waals surface area contributed by atoms with E-state index in [2.05, 4.69) is 20.9 Å². The zero-order valence-corrected chi connectivity index (χ0v) is 13.6. The highest BCUT2D eigenvalue weighted by atomic mass is 79.9. The number of aromatic nitrogens is 2. The maximum Gasteiger partial charge on any atom is 0.182 e. The van der Waals surface area contributed by atoms with E-state index in [0.717, 1.165) is 26.9 Å². The summed E-state index contributed by atoms with van der Waals surface area (Å²) >= 11 is 15.1. The monoisotopic (exact) mass is 368 g/mol. The summed E-state index contributed by atoms with van der Waals surface area (Å²) in [4.78, 5) is 3.18. The Balaban J connectivity index is 2.38. The van der Waals surface area contributed by atoms with Gasteiger partial charge in [-0.15, -0.1) is 0 Å². The van der Waals surface area contributed by atoms with Crippen LogP contribution >= 0.6 is 39.7 Å². The number of nitrogens with one attached hydrogen (secondary N) is 1. The van der Waals surface area contributed by atoms with Crippen molar-refractivity contribution >= 4 is 50.8 Å². The standard InChI is InChI=1S/C14H10BrClN2OS/c1-19-8-5-6-10-12(7-8)18(14(20)17-10)11-4-2-3-9(16)13(11)15/h2-7H,1H3,(H,17,20). The smallest absolute Gasteiger partial charge is 0.182 e. The molecule has 3 aromatic rings. The first kappa shape index (κ1) is 13.7. The van der Waals surface area contributed by atoms with Gasteiger partial charge in [-0.3, -0.25) is 4.57 Å². The van der Waals surface area contributed by atoms with E-state index in [0.29, 0.717) is 9.79 Å². The average Bonchev–Trinajstić information content (AvgIpc) is 2.77. The Bertz CT molecular complexity index is 856. The molecule has 0 aliphatic heterocycles. The van der Waals surface area contributed by atoms with E-state index in [1.807, 2.05) is 41.0 Å². The van der Waals surface area contributed by atoms with Gasteiger partial charge >= 0.3 is 0 Å². The van der Waals surface area contributed by atoms with Gasteiger partial charge in [0.15, 0.2) is 4.77 Å². The lowest BCUT2D eigenvalue weighted by molar-refractivity contribution is 0.415. The molecular formula is C14H10BrClN2OS. The van der Waals surface area contributed by atoms with Crippen LogP contribution in [0.2, 0.25) is 5.02 Å². The predicted molar refractivity (Wildman–Crippen MR) is 87.7 cm³/mol. The normalized spacial score (nSPS) is 10.9. The molecule has 3 rings (SSSR count). The number of nitrogens with zero attached hydrogens (tertiary/aromatic N) is 1. The average molecular weight is 370 g/mol. The Kier molecular flexibility index (Phi) is 3.58. The van der Waals surface area contributed by atoms with Crippen LogP contribution in [0.3, 0.4) is 0 Å². The maximum atomic E-state index is 6.16. The van der Waals surface area contributed by atoms with Crippen molar-refractivity contribution in [2.75, 3.05) is 7.11 Å². The second-order valence-corrected chi connectivity index (χ2v) is 5.81. The molecule has 0 fully saturated rings. The molecule has 0 radical (unpaired) electrons. The fraction of sp³-hybridized carbons (Fsp3) is 0.0714. The molecule has 1 N–H and O–H groups in total. The van der Waals surface area contributed by atoms with E-state index in [9.17, 15) is 0 Å². The molecule has 0 aliphatic rings. The van der Waals surface area contributed by atoms with Crippen LogP contribution in [0.5, 0.6) is 5.75 Å². The zero-order valence-electron chi connectivity index (χ0n) is 10.5. The molecule has 0 amide bonds. The molecule has 1 aromatic heterocycles. The SMILES string of the molecule is COc1ccc2[nH]c(=S)n(-c3cccc(Cl)c3Br)c2c1. The number of benzene rings is 2. The lowest BCUT2D eigenvalue weighted by atomic mass is 10.2. The van der Waals surface area contributed by atoms with Gasteiger partial charge in [-0.25, -0.2) is 0 Å². The summed E-state index contributed by atoms with van der Waals surface area (Å²) in [6, 6.07) is 11.5. The highest BCUT2D eigenvalue weighted by molar-refractivity contribution is 9.10. The molecule has 20 heavy (non-hydrogen) atoms. The number of H-pyrrole nitrogens is 1. The second kappa shape index (κ2) is 5.24. The van der Waals surface area contributed by atoms with E-state index in [1.165, 1.54) is 0 Å². The van der Waals surface area contributed by atoms with Crippen LogP contribution in [-0.4, -0.2) is 16.7 Å². The van der Waals surface area contributed by atoms with Crippen molar-refractivity contribution in [1.29, 1.82) is 0 Å². The molecule has 6 heteroatoms. The fourth-order valence-corrected chi connectivity index (χ4v) is 3.03. The molecule has 0 spiro atoms. The Morgan fingerprint density at radius 2 is 2.10 bits per heavy atom. The molecule has 0 saturated heterocycles. The minimum Gasteiger partial charge on any atom is -0.497 e. The minimum absolute atomic E-state index is 0.608. The number of ether oxygens (including phenoxy) is 1. The summed E-state index contributed by atoms with van der Waals surface area (Å²) in [5.41, 5.74) is 2.78. The van der Waals surface area contributed by atoms with Gasteiger partial charge in [0.05, 0.1) is 33.3 Å². The fourth-order valence-electron chi connectivity index (χ4n) is 2.11. The van der Waals surface area contributed by atoms with Crippen LogP contribution in [0, 0.1) is 4.77 Å². The highest BCUT2D eigenvalue weighted by Crippen LogP contribution is 2.32. The number of hydrogen-bond acceptors (Lipinski definition) is 2. The molecule has 0 unspecified atom stereocenters. The van der Waals surface area contributed by atoms with Crippen molar-refractivity contribution in [3.63, 3.8) is 0 Å². The van der Waals surface area contributed by atoms with Gasteiger partial charge in [-0.2, -0.15) is 0 Å². The molecule has 0 atom stereocenters. The quantitative estimate of drug-likeness (QED) is 0.636. The second-order valence-electron chi connectivity index (χ2n) is 4.22. The van der Waals surface area contributed by atoms with Crippen LogP contribution in [0.1, 0.15) is 0 Å². The van der Waals surface area contributed by atoms with E-state index < -0.39 is 0 Å². The van der Waals surface area contributed by atoms with Gasteiger partial charge in [0.1, 0.15) is 5.75 Å². The van der Waals surface area contributed by atoms with Crippen LogP contribution < -0.4 is 4.74 Å². The molecular weight excluding hydrogens is 360 g/mol. The zero-order chi connectivity index (χ0) is 14.3. The summed E-state index contributed by atoms with van der Waals surface area (Å²) in [6.45, 7) is 0. The number of rotatable bonds is 2. The van der Waals surface area contributed by atoms with E-state index >= 15 is 0 Å². The summed E-state index contributed by atoms with van der Waals surface area (Å²) in [7, 11) is 1.64. The maximum absolute atomic E-state index is 6.16. The Morgan fingerprint density at radius 1 is 1.30 bits per heavy atom. The Morgan fingerprint density at radius 3 is 2.85 bits per heavy atom. The molecule has 2 aromatic carbocycles. The third-order valence-corrected chi connectivity index (χ3v) is 4.72. The lowest BCUT2D eigenvalue weighted by Crippen LogP contribution is -1.96. The first-order valence-electron chi connectivity index (χ1n) is 5.85. The topological polar surface area (TPSA) is 29.9 Å². The molecule has 102 valence electrons. The summed E-state index contributed by atoms with van der Waals surface area (Å²) in [5.74, 6) is 0.776. The number of hydrogen-bond donors (Lipinski definition) is 1. The van der Waals surface area contributed by atoms with Crippen molar-refractivity contribution in [3.8, 4) is 11.4 Å². The van der Waals surface area contributed by atoms with Gasteiger partial charge < -0.3 is 9.72 Å². The van der Waals surface area contributed by atoms with Gasteiger partial charge in [0, 0.05) is 6.07 Å². The molecule has 1 heterocycles. The number of halogens is 2. The number of fused-ring (bicyclic) bond motifs is 1. The van der Waals surface area contributed by atoms with Crippen molar-refractivity contribution in [2.45, 2.75) is 0 Å². The van der Waals surface area contributed by atoms with Gasteiger partial charge in [0.2, 0.25) is 0 Å². The van der Waals surface area contributed by atoms with E-state index in [4.69, 9.17) is 28.6 Å². The van der Waals surface area contributed by atoms with E-state index in [1.54, 1.807) is 7.11 Å². The molecule has 3 nitrogen and oxygen atoms in total. The van der Waals surface area contributed by atoms with Crippen molar-refractivity contribution in [1.82, 2.24) is 9.55 Å². The number of methoxy groups -OCH3 is 1. The van der Waals surface area contributed by atoms with Crippen molar-refractivity contribution in [3.05, 3.63) is 50.7 Å². The van der Waals surface area contributed by atoms with Gasteiger partial charge in [0.25, 0.3) is 0 Å². The minimum atomic E-state index is 0.608. The van der Waals surface area contributed by atoms with Crippen LogP contribution in [0.25, 0.3) is 16.7 Å². The largest absolute Gasteiger partial charge is 0.497 e. The number of aromatic amines is 1. The van der Waals surface area contributed by atoms with Crippen molar-refractivity contribution in [2.24, 2.45) is 0 Å². The first-order valence-corrected chi connectivity index (χ1v) is 7.43. The predicted octanol–water partition coefficient (Wildman–Crippen LogP) is 5.11. The molecule has 0 saturated carbocycles. The van der Waals surface area contributed by atoms with Crippen LogP contribution in [0.4, 0.5) is 0 Å². The highest BCUT2D eigenvalue weighted by Gasteiger charge is 2.12. The van der Waals surface area contributed by atoms with Crippen LogP contribution in [-0.2, 0) is 0 Å². The van der Waals surface area contributed by atoms with Gasteiger partial charge in [-0.1, -0.05) is 17.7 Å². The van der Waals surface area contributed by atoms with Crippen molar-refractivity contribution < 1.29 is 4.74 Å². The third kappa shape index (κ3) is 2.16. The summed E-state index contributed by atoms with van der Waals surface area (Å²) in [5, 5.41) is 0.640. The Hall–Kier alpha value is -1.30. The molecule has 0 bridgehead atoms. The van der Waals surface area contributed by atoms with Gasteiger partial charge in [-0.05, 0) is 52.4 Å². The lowest BCUT2D eigenvalue weighted by Gasteiger charge is -2.09. The number of imidazole rings is 1. The third-order valence-electron chi connectivity index (χ3n) is 3.06. The van der Waals surface area contributed by atoms with Crippen LogP contribution in [0.15, 0.2) is 40.9 Å². The summed E-state index contributed by atoms with van der Waals surface area (Å²) in [6.07, 6.45) is 0. The first-order chi connectivity index (χ1) is 9.61. The van der Waals surface area contributed by atoms with E-state index in [-0.39, 0.29) is 0 Å². The summed E-state index contributed by atoms with van der Waals surface area (Å²) < 4.78 is 8.63.